The molecular weight excluding hydrogens is 1710 g/mol. The minimum atomic E-state index is -0.748. The van der Waals surface area contributed by atoms with Gasteiger partial charge in [-0.15, -0.1) is 0 Å². The Morgan fingerprint density at radius 3 is 0.836 bits per heavy atom. The number of aliphatic hydroxyl groups is 1. The highest BCUT2D eigenvalue weighted by Gasteiger charge is 2.51. The molecule has 3 aromatic carbocycles. The van der Waals surface area contributed by atoms with Gasteiger partial charge in [-0.2, -0.15) is 0 Å². The monoisotopic (exact) mass is 1880 g/mol. The van der Waals surface area contributed by atoms with Crippen LogP contribution in [0.2, 0.25) is 0 Å². The number of carboxylic acids is 4. The van der Waals surface area contributed by atoms with Gasteiger partial charge in [0.2, 0.25) is 0 Å². The minimum Gasteiger partial charge on any atom is -0.508 e. The summed E-state index contributed by atoms with van der Waals surface area (Å²) in [5.41, 5.74) is 4.26. The van der Waals surface area contributed by atoms with Crippen LogP contribution in [-0.4, -0.2) is 130 Å². The van der Waals surface area contributed by atoms with Gasteiger partial charge in [-0.25, -0.2) is 39.1 Å². The van der Waals surface area contributed by atoms with Gasteiger partial charge in [0.05, 0.1) is 24.4 Å². The first-order valence-electron chi connectivity index (χ1n) is 49.5. The van der Waals surface area contributed by atoms with Crippen LogP contribution >= 0.6 is 0 Å². The molecule has 6 fully saturated rings. The zero-order chi connectivity index (χ0) is 99.4. The van der Waals surface area contributed by atoms with Gasteiger partial charge >= 0.3 is 23.9 Å². The van der Waals surface area contributed by atoms with Crippen LogP contribution in [0.1, 0.15) is 344 Å². The topological polar surface area (TPSA) is 379 Å². The van der Waals surface area contributed by atoms with E-state index in [0.717, 1.165) is 167 Å². The summed E-state index contributed by atoms with van der Waals surface area (Å²) < 4.78 is 0. The number of allylic oxidation sites excluding steroid dienone is 14. The zero-order valence-electron chi connectivity index (χ0n) is 83.0. The third kappa shape index (κ3) is 55.6. The number of unbranched alkanes of at least 4 members (excludes halogenated alkanes) is 13. The molecule has 3 heterocycles. The van der Waals surface area contributed by atoms with Gasteiger partial charge in [-0.1, -0.05) is 319 Å². The molecule has 134 heavy (non-hydrogen) atoms. The van der Waals surface area contributed by atoms with Crippen LogP contribution in [0.25, 0.3) is 0 Å². The van der Waals surface area contributed by atoms with E-state index < -0.39 is 23.9 Å². The number of aliphatic carboxylic acids is 4. The average molecular weight is 1880 g/mol. The Morgan fingerprint density at radius 2 is 0.575 bits per heavy atom. The number of rotatable bonds is 52. The van der Waals surface area contributed by atoms with Crippen molar-refractivity contribution in [2.45, 2.75) is 399 Å². The maximum atomic E-state index is 10.5. The lowest BCUT2D eigenvalue weighted by atomic mass is 9.87. The second kappa shape index (κ2) is 72.8. The zero-order valence-corrected chi connectivity index (χ0v) is 83.0. The number of fused-ring (bicyclic) bond motifs is 6. The number of carboxylic acid groups (broad SMARTS) is 4. The molecule has 10 N–H and O–H groups in total. The molecule has 3 saturated heterocycles. The summed E-state index contributed by atoms with van der Waals surface area (Å²) in [4.78, 5) is 97.3. The van der Waals surface area contributed by atoms with Crippen molar-refractivity contribution in [1.82, 2.24) is 0 Å². The normalized spacial score (nSPS) is 21.8. The highest BCUT2D eigenvalue weighted by Crippen LogP contribution is 2.48. The van der Waals surface area contributed by atoms with Gasteiger partial charge in [0.25, 0.3) is 0 Å². The predicted molar refractivity (Wildman–Crippen MR) is 534 cm³/mol. The molecule has 24 nitrogen and oxygen atoms in total. The van der Waals surface area contributed by atoms with Crippen LogP contribution in [0.5, 0.6) is 17.2 Å². The first-order valence-corrected chi connectivity index (χ1v) is 49.5. The minimum absolute atomic E-state index is 0.0663. The van der Waals surface area contributed by atoms with Crippen molar-refractivity contribution in [2.24, 2.45) is 35.5 Å². The maximum Gasteiger partial charge on any atom is 0.303 e. The van der Waals surface area contributed by atoms with Crippen molar-refractivity contribution in [3.8, 4) is 17.2 Å². The van der Waals surface area contributed by atoms with Crippen LogP contribution in [0, 0.1) is 45.4 Å². The number of aromatic hydroxyl groups is 3. The Bertz CT molecular complexity index is 3640. The standard InChI is InChI=1S/2C20H32O6.C20H32O5.C20H32O2.3C10H14O.O2/c2*1-2-3-6-9-15(24-23)12-13-17-16(18-14-19(17)26-25-18)10-7-4-5-8-11-20(21)22;1-2-3-6-9-15(21)12-13-17-16(18-14-19(17)25-24-18)10-7-4-5-8-11-20(22)23;1-2-3-4-5-6-7-8-9-10-11-12-13-14-15-16-17-18-19-20(21)22;3*1-10(2,3)8-4-6-9(11)7-5-8;1-2/h2*4,7,12-13,15-19,23H,2-3,5-6,8-11,14H2,1H3,(H,21,22);4,7,12-13,15-19,21H,2-3,5-6,8-11,14H2,1H3,(H,22,23);6-7,9-10,12-13,15-16H,2-5,8,11,14,17-19H2,1H3,(H,21,22);3*4-7,11H,1-3H3;/b3*7-4-,13-12+;7-6-,10-9-,13-12-,16-15-;;;;/t3*15-,16?,17+,18-,19+;;;;;/m000...../s1. The lowest BCUT2D eigenvalue weighted by Gasteiger charge is -2.27. The molecule has 15 atom stereocenters. The molecule has 9 rings (SSSR count). The van der Waals surface area contributed by atoms with Gasteiger partial charge in [-0.05, 0) is 191 Å². The fourth-order valence-corrected chi connectivity index (χ4v) is 16.1. The summed E-state index contributed by atoms with van der Waals surface area (Å²) in [6.07, 6.45) is 74.5. The Balaban J connectivity index is 0.000000541. The predicted octanol–water partition coefficient (Wildman–Crippen LogP) is 27.4. The molecule has 0 aromatic heterocycles. The molecule has 3 aliphatic heterocycles. The summed E-state index contributed by atoms with van der Waals surface area (Å²) in [5.74, 6) is -0.117. The number of carbonyl (C=O) groups is 4. The lowest BCUT2D eigenvalue weighted by Crippen LogP contribution is -2.29. The second-order valence-electron chi connectivity index (χ2n) is 38.5. The Hall–Kier alpha value is -8.50. The maximum absolute atomic E-state index is 10.5. The molecule has 24 heteroatoms. The van der Waals surface area contributed by atoms with Crippen LogP contribution in [0.4, 0.5) is 0 Å². The highest BCUT2D eigenvalue weighted by atomic mass is 17.2. The van der Waals surface area contributed by atoms with Gasteiger partial charge < -0.3 is 40.9 Å². The number of phenols is 3. The van der Waals surface area contributed by atoms with Crippen LogP contribution in [0.3, 0.4) is 0 Å². The van der Waals surface area contributed by atoms with E-state index in [-0.39, 0.29) is 115 Å². The summed E-state index contributed by atoms with van der Waals surface area (Å²) in [6.45, 7) is 28.1. The van der Waals surface area contributed by atoms with Crippen LogP contribution in [-0.2, 0) is 74.5 Å². The molecule has 3 saturated carbocycles. The SMILES string of the molecule is CC(C)(C)c1ccc(O)cc1.CC(C)(C)c1ccc(O)cc1.CC(C)(C)c1ccc(O)cc1.CCCCC/C=C\C/C=C\C/C=C\C/C=C\CCCC(=O)O.CCCCC[C@@H](/C=C/[C@@H]1C(C/C=C\CCCC(=O)O)[C@@H]2C[C@H]1OO2)OO.CCCCC[C@@H](/C=C/[C@@H]1C(C/C=C\CCCC(=O)O)[C@@H]2C[C@H]1OO2)OO.CCCCC[C@H](O)/C=C/[C@@H]1C(C/C=C\CCCC(=O)O)[C@@H]2C[C@H]1OO2.O=O. The Kier molecular flexibility index (Phi) is 66.0. The molecule has 754 valence electrons. The van der Waals surface area contributed by atoms with E-state index in [4.69, 9.17) is 85.5 Å². The summed E-state index contributed by atoms with van der Waals surface area (Å²) in [6, 6.07) is 22.1. The van der Waals surface area contributed by atoms with E-state index in [0.29, 0.717) is 54.3 Å². The van der Waals surface area contributed by atoms with Crippen molar-refractivity contribution >= 4 is 23.9 Å². The summed E-state index contributed by atoms with van der Waals surface area (Å²) >= 11 is 0. The van der Waals surface area contributed by atoms with Crippen molar-refractivity contribution in [1.29, 1.82) is 0 Å². The van der Waals surface area contributed by atoms with Gasteiger partial charge in [0.15, 0.2) is 0 Å². The molecule has 3 aliphatic carbocycles. The van der Waals surface area contributed by atoms with E-state index in [9.17, 15) is 24.3 Å². The Morgan fingerprint density at radius 1 is 0.336 bits per heavy atom. The first-order chi connectivity index (χ1) is 64.2. The van der Waals surface area contributed by atoms with Gasteiger partial charge in [0, 0.05) is 90.4 Å². The number of phenolic OH excluding ortho intramolecular Hbond substituents is 3. The second-order valence-corrected chi connectivity index (χ2v) is 38.5. The molecule has 3 unspecified atom stereocenters. The first kappa shape index (κ1) is 122. The van der Waals surface area contributed by atoms with Crippen molar-refractivity contribution in [2.75, 3.05) is 0 Å². The molecule has 0 spiro atoms. The van der Waals surface area contributed by atoms with E-state index in [1.807, 2.05) is 54.6 Å². The van der Waals surface area contributed by atoms with E-state index in [2.05, 4.69) is 203 Å². The number of hydrogen-bond donors (Lipinski definition) is 10. The molecule has 0 amide bonds. The third-order valence-corrected chi connectivity index (χ3v) is 24.1. The fraction of sp³-hybridized carbons (Fsp3) is 0.618. The van der Waals surface area contributed by atoms with Gasteiger partial charge in [-0.3, -0.25) is 29.7 Å². The average Bonchev–Trinajstić information content (AvgIpc) is 1.65. The van der Waals surface area contributed by atoms with Crippen molar-refractivity contribution in [3.05, 3.63) is 221 Å². The molecule has 3 aromatic rings. The fourth-order valence-electron chi connectivity index (χ4n) is 16.1. The molecule has 6 bridgehead atoms. The third-order valence-electron chi connectivity index (χ3n) is 24.1. The largest absolute Gasteiger partial charge is 0.508 e. The number of aliphatic hydroxyl groups excluding tert-OH is 1. The van der Waals surface area contributed by atoms with Gasteiger partial charge in [0.1, 0.15) is 47.8 Å². The van der Waals surface area contributed by atoms with E-state index >= 15 is 0 Å². The number of benzene rings is 3. The lowest BCUT2D eigenvalue weighted by molar-refractivity contribution is -0.336. The Labute approximate surface area is 801 Å². The molecule has 0 radical (unpaired) electrons. The quantitative estimate of drug-likeness (QED) is 0.0109. The molecule has 6 aliphatic rings. The number of hydrogen-bond acceptors (Lipinski definition) is 20. The summed E-state index contributed by atoms with van der Waals surface area (Å²) in [5, 5.41) is 89.8. The van der Waals surface area contributed by atoms with E-state index in [1.54, 1.807) is 36.4 Å². The van der Waals surface area contributed by atoms with Crippen LogP contribution < -0.4 is 0 Å². The van der Waals surface area contributed by atoms with Crippen molar-refractivity contribution in [3.63, 3.8) is 0 Å². The molecular formula is C110H170O24. The highest BCUT2D eigenvalue weighted by molar-refractivity contribution is 5.67. The van der Waals surface area contributed by atoms with E-state index in [1.165, 1.54) is 42.4 Å². The van der Waals surface area contributed by atoms with Crippen molar-refractivity contribution < 1.29 is 110 Å². The smallest absolute Gasteiger partial charge is 0.303 e. The van der Waals surface area contributed by atoms with Crippen LogP contribution in [0.15, 0.2) is 194 Å². The summed E-state index contributed by atoms with van der Waals surface area (Å²) in [7, 11) is 0.